The lowest BCUT2D eigenvalue weighted by molar-refractivity contribution is -0.137. The Morgan fingerprint density at radius 3 is 2.44 bits per heavy atom. The number of methoxy groups -OCH3 is 1. The van der Waals surface area contributed by atoms with Crippen molar-refractivity contribution >= 4 is 5.69 Å². The van der Waals surface area contributed by atoms with Crippen molar-refractivity contribution in [1.82, 2.24) is 0 Å². The molecule has 0 aromatic heterocycles. The number of nitrogens with one attached hydrogen (secondary N) is 1. The van der Waals surface area contributed by atoms with E-state index in [1.54, 1.807) is 6.07 Å². The molecule has 100 valence electrons. The molecule has 1 saturated carbocycles. The van der Waals surface area contributed by atoms with E-state index in [-0.39, 0.29) is 17.5 Å². The molecule has 0 aliphatic heterocycles. The van der Waals surface area contributed by atoms with E-state index in [4.69, 9.17) is 4.74 Å². The van der Waals surface area contributed by atoms with E-state index in [9.17, 15) is 13.2 Å². The maximum Gasteiger partial charge on any atom is 0.418 e. The lowest BCUT2D eigenvalue weighted by atomic mass is 9.81. The van der Waals surface area contributed by atoms with E-state index >= 15 is 0 Å². The summed E-state index contributed by atoms with van der Waals surface area (Å²) in [7, 11) is 1.36. The molecule has 1 aliphatic rings. The van der Waals surface area contributed by atoms with Crippen LogP contribution in [0.15, 0.2) is 18.2 Å². The van der Waals surface area contributed by atoms with Crippen LogP contribution in [0, 0.1) is 5.92 Å². The second kappa shape index (κ2) is 4.71. The molecular formula is C13H16F3NO. The molecule has 1 fully saturated rings. The van der Waals surface area contributed by atoms with Gasteiger partial charge in [0.25, 0.3) is 0 Å². The maximum atomic E-state index is 12.9. The molecule has 0 amide bonds. The van der Waals surface area contributed by atoms with Gasteiger partial charge in [-0.05, 0) is 37.0 Å². The highest BCUT2D eigenvalue weighted by Gasteiger charge is 2.35. The van der Waals surface area contributed by atoms with Crippen LogP contribution in [-0.2, 0) is 6.18 Å². The van der Waals surface area contributed by atoms with Crippen molar-refractivity contribution in [3.05, 3.63) is 23.8 Å². The molecule has 0 heterocycles. The summed E-state index contributed by atoms with van der Waals surface area (Å²) in [6.45, 7) is 2.09. The standard InChI is InChI=1S/C13H16F3NO/c1-8-5-9(6-8)17-12-4-3-10(18-2)7-11(12)13(14,15)16/h3-4,7-9,17H,5-6H2,1-2H3. The van der Waals surface area contributed by atoms with Crippen LogP contribution in [0.3, 0.4) is 0 Å². The predicted octanol–water partition coefficient (Wildman–Crippen LogP) is 3.92. The number of anilines is 1. The van der Waals surface area contributed by atoms with Crippen molar-refractivity contribution in [2.45, 2.75) is 32.0 Å². The molecule has 1 aliphatic carbocycles. The van der Waals surface area contributed by atoms with E-state index in [0.717, 1.165) is 18.9 Å². The van der Waals surface area contributed by atoms with E-state index in [2.05, 4.69) is 12.2 Å². The first-order chi connectivity index (χ1) is 8.40. The molecule has 1 aromatic carbocycles. The van der Waals surface area contributed by atoms with Crippen LogP contribution < -0.4 is 10.1 Å². The van der Waals surface area contributed by atoms with Gasteiger partial charge in [0.1, 0.15) is 5.75 Å². The first-order valence-corrected chi connectivity index (χ1v) is 5.92. The Bertz CT molecular complexity index is 425. The Morgan fingerprint density at radius 1 is 1.28 bits per heavy atom. The normalized spacial score (nSPS) is 23.4. The van der Waals surface area contributed by atoms with Crippen molar-refractivity contribution in [1.29, 1.82) is 0 Å². The second-order valence-electron chi connectivity index (χ2n) is 4.83. The first kappa shape index (κ1) is 13.1. The number of hydrogen-bond donors (Lipinski definition) is 1. The minimum absolute atomic E-state index is 0.139. The molecule has 0 atom stereocenters. The Balaban J connectivity index is 2.22. The lowest BCUT2D eigenvalue weighted by Crippen LogP contribution is -2.34. The SMILES string of the molecule is COc1ccc(NC2CC(C)C2)c(C(F)(F)F)c1. The van der Waals surface area contributed by atoms with Gasteiger partial charge in [-0.25, -0.2) is 0 Å². The summed E-state index contributed by atoms with van der Waals surface area (Å²) < 4.78 is 43.6. The fourth-order valence-electron chi connectivity index (χ4n) is 2.25. The van der Waals surface area contributed by atoms with Crippen molar-refractivity contribution < 1.29 is 17.9 Å². The van der Waals surface area contributed by atoms with Crippen LogP contribution in [-0.4, -0.2) is 13.2 Å². The molecule has 0 unspecified atom stereocenters. The van der Waals surface area contributed by atoms with Gasteiger partial charge >= 0.3 is 6.18 Å². The van der Waals surface area contributed by atoms with Crippen LogP contribution >= 0.6 is 0 Å². The maximum absolute atomic E-state index is 12.9. The Kier molecular flexibility index (Phi) is 3.41. The van der Waals surface area contributed by atoms with E-state index < -0.39 is 11.7 Å². The van der Waals surface area contributed by atoms with Crippen LogP contribution in [0.25, 0.3) is 0 Å². The molecule has 0 saturated heterocycles. The van der Waals surface area contributed by atoms with Crippen molar-refractivity contribution in [3.63, 3.8) is 0 Å². The fourth-order valence-corrected chi connectivity index (χ4v) is 2.25. The van der Waals surface area contributed by atoms with Crippen molar-refractivity contribution in [2.75, 3.05) is 12.4 Å². The van der Waals surface area contributed by atoms with Crippen LogP contribution in [0.4, 0.5) is 18.9 Å². The second-order valence-corrected chi connectivity index (χ2v) is 4.83. The average molecular weight is 259 g/mol. The highest BCUT2D eigenvalue weighted by atomic mass is 19.4. The number of hydrogen-bond acceptors (Lipinski definition) is 2. The third-order valence-corrected chi connectivity index (χ3v) is 3.27. The van der Waals surface area contributed by atoms with E-state index in [0.29, 0.717) is 5.92 Å². The summed E-state index contributed by atoms with van der Waals surface area (Å²) in [5.41, 5.74) is -0.526. The Morgan fingerprint density at radius 2 is 1.94 bits per heavy atom. The van der Waals surface area contributed by atoms with Gasteiger partial charge in [-0.15, -0.1) is 0 Å². The lowest BCUT2D eigenvalue weighted by Gasteiger charge is -2.34. The molecule has 2 rings (SSSR count). The summed E-state index contributed by atoms with van der Waals surface area (Å²) in [6.07, 6.45) is -2.53. The largest absolute Gasteiger partial charge is 0.497 e. The number of halogens is 3. The first-order valence-electron chi connectivity index (χ1n) is 5.92. The highest BCUT2D eigenvalue weighted by Crippen LogP contribution is 2.39. The molecule has 1 aromatic rings. The molecule has 0 spiro atoms. The third-order valence-electron chi connectivity index (χ3n) is 3.27. The molecule has 0 radical (unpaired) electrons. The minimum Gasteiger partial charge on any atom is -0.497 e. The highest BCUT2D eigenvalue weighted by molar-refractivity contribution is 5.56. The summed E-state index contributed by atoms with van der Waals surface area (Å²) in [5, 5.41) is 2.96. The van der Waals surface area contributed by atoms with Crippen molar-refractivity contribution in [3.8, 4) is 5.75 Å². The molecular weight excluding hydrogens is 243 g/mol. The summed E-state index contributed by atoms with van der Waals surface area (Å²) >= 11 is 0. The summed E-state index contributed by atoms with van der Waals surface area (Å²) in [6, 6.07) is 4.16. The topological polar surface area (TPSA) is 21.3 Å². The van der Waals surface area contributed by atoms with Gasteiger partial charge < -0.3 is 10.1 Å². The van der Waals surface area contributed by atoms with Gasteiger partial charge in [0.15, 0.2) is 0 Å². The third kappa shape index (κ3) is 2.71. The zero-order valence-corrected chi connectivity index (χ0v) is 10.3. The van der Waals surface area contributed by atoms with Gasteiger partial charge in [0.05, 0.1) is 12.7 Å². The van der Waals surface area contributed by atoms with Gasteiger partial charge in [-0.1, -0.05) is 6.92 Å². The molecule has 0 bridgehead atoms. The summed E-state index contributed by atoms with van der Waals surface area (Å²) in [4.78, 5) is 0. The number of rotatable bonds is 3. The zero-order valence-electron chi connectivity index (χ0n) is 10.3. The zero-order chi connectivity index (χ0) is 13.3. The molecule has 5 heteroatoms. The number of ether oxygens (including phenoxy) is 1. The minimum atomic E-state index is -4.37. The summed E-state index contributed by atoms with van der Waals surface area (Å²) in [5.74, 6) is 0.810. The van der Waals surface area contributed by atoms with Gasteiger partial charge in [-0.3, -0.25) is 0 Å². The van der Waals surface area contributed by atoms with E-state index in [1.165, 1.54) is 13.2 Å². The van der Waals surface area contributed by atoms with Crippen LogP contribution in [0.2, 0.25) is 0 Å². The van der Waals surface area contributed by atoms with Crippen LogP contribution in [0.5, 0.6) is 5.75 Å². The van der Waals surface area contributed by atoms with Gasteiger partial charge in [-0.2, -0.15) is 13.2 Å². The van der Waals surface area contributed by atoms with Crippen LogP contribution in [0.1, 0.15) is 25.3 Å². The number of alkyl halides is 3. The van der Waals surface area contributed by atoms with Gasteiger partial charge in [0.2, 0.25) is 0 Å². The Labute approximate surface area is 104 Å². The Hall–Kier alpha value is -1.39. The predicted molar refractivity (Wildman–Crippen MR) is 63.8 cm³/mol. The molecule has 18 heavy (non-hydrogen) atoms. The van der Waals surface area contributed by atoms with Crippen molar-refractivity contribution in [2.24, 2.45) is 5.92 Å². The van der Waals surface area contributed by atoms with Gasteiger partial charge in [0, 0.05) is 11.7 Å². The molecule has 2 nitrogen and oxygen atoms in total. The number of benzene rings is 1. The fraction of sp³-hybridized carbons (Fsp3) is 0.538. The quantitative estimate of drug-likeness (QED) is 0.888. The van der Waals surface area contributed by atoms with E-state index in [1.807, 2.05) is 0 Å². The molecule has 1 N–H and O–H groups in total. The monoisotopic (exact) mass is 259 g/mol. The average Bonchev–Trinajstić information content (AvgIpc) is 2.26. The smallest absolute Gasteiger partial charge is 0.418 e.